The molecule has 0 amide bonds. The normalized spacial score (nSPS) is 13.6. The molecular weight excluding hydrogens is 586 g/mol. The first-order chi connectivity index (χ1) is 22.0. The topological polar surface area (TPSA) is 143 Å². The van der Waals surface area contributed by atoms with E-state index in [1.165, 1.54) is 6.21 Å². The summed E-state index contributed by atoms with van der Waals surface area (Å²) >= 11 is 0. The Kier molecular flexibility index (Phi) is 12.9. The van der Waals surface area contributed by atoms with Gasteiger partial charge in [-0.3, -0.25) is 0 Å². The molecule has 1 heterocycles. The van der Waals surface area contributed by atoms with E-state index in [1.807, 2.05) is 49.4 Å². The molecule has 0 bridgehead atoms. The maximum Gasteiger partial charge on any atom is 0.341 e. The molecular formula is C37H39NO8. The average Bonchev–Trinajstić information content (AvgIpc) is 3.87. The van der Waals surface area contributed by atoms with Crippen LogP contribution in [-0.4, -0.2) is 54.5 Å². The van der Waals surface area contributed by atoms with Crippen LogP contribution in [0.5, 0.6) is 0 Å². The summed E-state index contributed by atoms with van der Waals surface area (Å²) in [5.41, 5.74) is 2.66. The highest BCUT2D eigenvalue weighted by atomic mass is 16.6. The second-order valence-electron chi connectivity index (χ2n) is 10.7. The number of rotatable bonds is 14. The van der Waals surface area contributed by atoms with Crippen LogP contribution < -0.4 is 0 Å². The van der Waals surface area contributed by atoms with Crippen LogP contribution in [0.25, 0.3) is 27.6 Å². The number of carbonyl (C=O) groups excluding carboxylic acids is 3. The van der Waals surface area contributed by atoms with Gasteiger partial charge in [0.2, 0.25) is 0 Å². The molecule has 9 nitrogen and oxygen atoms in total. The van der Waals surface area contributed by atoms with Crippen molar-refractivity contribution in [3.63, 3.8) is 0 Å². The van der Waals surface area contributed by atoms with E-state index < -0.39 is 23.9 Å². The van der Waals surface area contributed by atoms with E-state index in [2.05, 4.69) is 25.8 Å². The summed E-state index contributed by atoms with van der Waals surface area (Å²) in [4.78, 5) is 46.4. The zero-order valence-electron chi connectivity index (χ0n) is 26.2. The SMILES string of the molecule is C=C(CC1CO1)C(=O)OC(=O)C(=Cc1cccc2cc3ccccc3c(C=N)c12)CCC.C=C(CCOC(=O)C(=C)CC)C(=O)O. The zero-order valence-corrected chi connectivity index (χ0v) is 26.2. The predicted octanol–water partition coefficient (Wildman–Crippen LogP) is 7.12. The van der Waals surface area contributed by atoms with Gasteiger partial charge in [-0.25, -0.2) is 19.2 Å². The molecule has 1 aliphatic rings. The standard InChI is InChI=1S/C27H25NO4.C10H14O4/c1-3-7-21(27(30)32-26(29)17(2)12-22-16-31-22)14-20-10-6-9-19-13-18-8-4-5-11-23(18)24(15-28)25(19)20;1-4-7(2)10(13)14-6-5-8(3)9(11)12/h4-6,8-11,13-15,22,28H,2-3,7,12,16H2,1H3;2-6H2,1H3,(H,11,12). The molecule has 1 atom stereocenters. The second-order valence-corrected chi connectivity index (χ2v) is 10.7. The average molecular weight is 626 g/mol. The molecule has 0 aromatic heterocycles. The van der Waals surface area contributed by atoms with Gasteiger partial charge >= 0.3 is 23.9 Å². The lowest BCUT2D eigenvalue weighted by molar-refractivity contribution is -0.154. The summed E-state index contributed by atoms with van der Waals surface area (Å²) in [6, 6.07) is 15.9. The Bertz CT molecular complexity index is 1730. The van der Waals surface area contributed by atoms with Gasteiger partial charge in [0, 0.05) is 46.9 Å². The van der Waals surface area contributed by atoms with Gasteiger partial charge in [-0.2, -0.15) is 0 Å². The van der Waals surface area contributed by atoms with Gasteiger partial charge in [-0.05, 0) is 52.1 Å². The number of carbonyl (C=O) groups is 4. The molecule has 0 saturated carbocycles. The lowest BCUT2D eigenvalue weighted by Gasteiger charge is -2.12. The number of fused-ring (bicyclic) bond motifs is 2. The van der Waals surface area contributed by atoms with Crippen molar-refractivity contribution in [2.24, 2.45) is 0 Å². The number of carboxylic acids is 1. The number of epoxide rings is 1. The highest BCUT2D eigenvalue weighted by molar-refractivity contribution is 6.15. The monoisotopic (exact) mass is 625 g/mol. The van der Waals surface area contributed by atoms with E-state index in [-0.39, 0.29) is 30.3 Å². The van der Waals surface area contributed by atoms with E-state index in [9.17, 15) is 19.2 Å². The molecule has 0 spiro atoms. The second kappa shape index (κ2) is 16.8. The van der Waals surface area contributed by atoms with Crippen molar-refractivity contribution in [3.8, 4) is 0 Å². The minimum absolute atomic E-state index is 0.000792. The molecule has 1 saturated heterocycles. The number of hydrogen-bond acceptors (Lipinski definition) is 8. The number of carboxylic acid groups (broad SMARTS) is 1. The van der Waals surface area contributed by atoms with Crippen molar-refractivity contribution in [2.45, 2.75) is 52.1 Å². The molecule has 1 aliphatic heterocycles. The first-order valence-corrected chi connectivity index (χ1v) is 15.0. The van der Waals surface area contributed by atoms with Crippen molar-refractivity contribution in [1.82, 2.24) is 0 Å². The third-order valence-electron chi connectivity index (χ3n) is 7.22. The third-order valence-corrected chi connectivity index (χ3v) is 7.22. The van der Waals surface area contributed by atoms with E-state index >= 15 is 0 Å². The molecule has 1 unspecified atom stereocenters. The van der Waals surface area contributed by atoms with Gasteiger partial charge < -0.3 is 24.7 Å². The number of aliphatic carboxylic acids is 1. The van der Waals surface area contributed by atoms with Gasteiger partial charge in [0.15, 0.2) is 0 Å². The maximum atomic E-state index is 12.8. The molecule has 0 aliphatic carbocycles. The zero-order chi connectivity index (χ0) is 33.8. The highest BCUT2D eigenvalue weighted by Gasteiger charge is 2.27. The Labute approximate surface area is 268 Å². The van der Waals surface area contributed by atoms with Crippen LogP contribution in [0.1, 0.15) is 57.1 Å². The molecule has 46 heavy (non-hydrogen) atoms. The summed E-state index contributed by atoms with van der Waals surface area (Å²) < 4.78 is 15.0. The number of ether oxygens (including phenoxy) is 3. The number of esters is 3. The molecule has 3 aromatic rings. The Balaban J connectivity index is 0.000000349. The fraction of sp³-hybridized carbons (Fsp3) is 0.270. The van der Waals surface area contributed by atoms with Gasteiger partial charge in [0.25, 0.3) is 0 Å². The summed E-state index contributed by atoms with van der Waals surface area (Å²) in [6.07, 6.45) is 5.35. The van der Waals surface area contributed by atoms with Crippen LogP contribution in [0.4, 0.5) is 0 Å². The molecule has 2 N–H and O–H groups in total. The number of nitrogens with one attached hydrogen (secondary N) is 1. The van der Waals surface area contributed by atoms with E-state index in [1.54, 1.807) is 13.0 Å². The maximum absolute atomic E-state index is 12.8. The van der Waals surface area contributed by atoms with Crippen molar-refractivity contribution in [3.05, 3.63) is 102 Å². The van der Waals surface area contributed by atoms with Crippen LogP contribution in [0.3, 0.4) is 0 Å². The molecule has 9 heteroatoms. The predicted molar refractivity (Wildman–Crippen MR) is 179 cm³/mol. The van der Waals surface area contributed by atoms with Crippen molar-refractivity contribution < 1.29 is 38.5 Å². The fourth-order valence-electron chi connectivity index (χ4n) is 4.54. The summed E-state index contributed by atoms with van der Waals surface area (Å²) in [5, 5.41) is 20.4. The highest BCUT2D eigenvalue weighted by Crippen LogP contribution is 2.31. The minimum atomic E-state index is -1.07. The first-order valence-electron chi connectivity index (χ1n) is 15.0. The Hall–Kier alpha value is -5.15. The van der Waals surface area contributed by atoms with Crippen LogP contribution in [-0.2, 0) is 33.4 Å². The third kappa shape index (κ3) is 9.67. The van der Waals surface area contributed by atoms with E-state index in [0.29, 0.717) is 37.0 Å². The van der Waals surface area contributed by atoms with Crippen molar-refractivity contribution >= 4 is 57.7 Å². The smallest absolute Gasteiger partial charge is 0.341 e. The number of benzene rings is 3. The Morgan fingerprint density at radius 3 is 2.26 bits per heavy atom. The van der Waals surface area contributed by atoms with Gasteiger partial charge in [0.05, 0.1) is 19.3 Å². The molecule has 0 radical (unpaired) electrons. The Morgan fingerprint density at radius 1 is 0.935 bits per heavy atom. The first kappa shape index (κ1) is 35.3. The molecule has 1 fully saturated rings. The lowest BCUT2D eigenvalue weighted by Crippen LogP contribution is -2.16. The lowest BCUT2D eigenvalue weighted by atomic mass is 9.93. The van der Waals surface area contributed by atoms with E-state index in [0.717, 1.165) is 39.1 Å². The summed E-state index contributed by atoms with van der Waals surface area (Å²) in [6.45, 7) is 14.9. The van der Waals surface area contributed by atoms with Gasteiger partial charge in [0.1, 0.15) is 0 Å². The van der Waals surface area contributed by atoms with Crippen LogP contribution in [0.15, 0.2) is 90.6 Å². The van der Waals surface area contributed by atoms with Crippen LogP contribution in [0, 0.1) is 5.41 Å². The van der Waals surface area contributed by atoms with Gasteiger partial charge in [-0.1, -0.05) is 82.5 Å². The largest absolute Gasteiger partial charge is 0.478 e. The summed E-state index contributed by atoms with van der Waals surface area (Å²) in [5.74, 6) is -2.93. The number of hydrogen-bond donors (Lipinski definition) is 2. The van der Waals surface area contributed by atoms with Crippen LogP contribution >= 0.6 is 0 Å². The fourth-order valence-corrected chi connectivity index (χ4v) is 4.54. The molecule has 4 rings (SSSR count). The molecule has 240 valence electrons. The quantitative estimate of drug-likeness (QED) is 0.0482. The van der Waals surface area contributed by atoms with Gasteiger partial charge in [-0.15, -0.1) is 0 Å². The summed E-state index contributed by atoms with van der Waals surface area (Å²) in [7, 11) is 0. The van der Waals surface area contributed by atoms with Crippen molar-refractivity contribution in [2.75, 3.05) is 13.2 Å². The Morgan fingerprint density at radius 2 is 1.63 bits per heavy atom. The van der Waals surface area contributed by atoms with E-state index in [4.69, 9.17) is 24.7 Å². The molecule has 3 aromatic carbocycles. The van der Waals surface area contributed by atoms with Crippen LogP contribution in [0.2, 0.25) is 0 Å². The minimum Gasteiger partial charge on any atom is -0.478 e. The van der Waals surface area contributed by atoms with Crippen molar-refractivity contribution in [1.29, 1.82) is 5.41 Å².